The van der Waals surface area contributed by atoms with Crippen LogP contribution in [0.3, 0.4) is 0 Å². The number of ether oxygens (including phenoxy) is 6. The smallest absolute Gasteiger partial charge is 0.497 e. The molecule has 4 aromatic heterocycles. The van der Waals surface area contributed by atoms with Gasteiger partial charge in [0.2, 0.25) is 0 Å². The molecule has 96 heavy (non-hydrogen) atoms. The van der Waals surface area contributed by atoms with Gasteiger partial charge in [0.1, 0.15) is 95.2 Å². The Hall–Kier alpha value is -8.39. The third-order valence-electron chi connectivity index (χ3n) is 16.1. The maximum atomic E-state index is 16.1. The lowest BCUT2D eigenvalue weighted by Gasteiger charge is -2.37. The first-order valence-corrected chi connectivity index (χ1v) is 33.2. The van der Waals surface area contributed by atoms with Crippen molar-refractivity contribution in [3.8, 4) is 23.0 Å². The molecule has 12 rings (SSSR count). The summed E-state index contributed by atoms with van der Waals surface area (Å²) in [5.41, 5.74) is 10.3. The highest BCUT2D eigenvalue weighted by molar-refractivity contribution is 7.49. The molecule has 3 fully saturated rings. The lowest BCUT2D eigenvalue weighted by molar-refractivity contribution is -0.0961. The number of H-pyrrole nitrogens is 1. The van der Waals surface area contributed by atoms with Gasteiger partial charge in [0.25, 0.3) is 5.56 Å². The molecular formula is C62H62Cl2N10O20P2. The molecule has 7 heterocycles. The number of imidazole rings is 1. The van der Waals surface area contributed by atoms with Crippen molar-refractivity contribution >= 4 is 61.6 Å². The van der Waals surface area contributed by atoms with Gasteiger partial charge in [0, 0.05) is 34.4 Å². The zero-order chi connectivity index (χ0) is 67.6. The van der Waals surface area contributed by atoms with E-state index in [-0.39, 0.29) is 56.3 Å². The summed E-state index contributed by atoms with van der Waals surface area (Å²) in [6.07, 6.45) is -13.3. The van der Waals surface area contributed by atoms with Crippen molar-refractivity contribution in [2.24, 2.45) is 0 Å². The molecule has 3 saturated heterocycles. The zero-order valence-corrected chi connectivity index (χ0v) is 54.2. The van der Waals surface area contributed by atoms with Gasteiger partial charge >= 0.3 is 27.0 Å². The highest BCUT2D eigenvalue weighted by atomic mass is 35.5. The zero-order valence-electron chi connectivity index (χ0n) is 50.9. The van der Waals surface area contributed by atoms with Crippen molar-refractivity contribution in [3.63, 3.8) is 0 Å². The molecule has 2 unspecified atom stereocenters. The number of fused-ring (bicyclic) bond motifs is 1. The van der Waals surface area contributed by atoms with E-state index in [1.54, 1.807) is 24.3 Å². The molecule has 34 heteroatoms. The van der Waals surface area contributed by atoms with Crippen LogP contribution in [0.1, 0.15) is 47.4 Å². The lowest BCUT2D eigenvalue weighted by atomic mass is 9.80. The van der Waals surface area contributed by atoms with Crippen LogP contribution >= 0.6 is 38.8 Å². The van der Waals surface area contributed by atoms with E-state index >= 15 is 9.13 Å². The summed E-state index contributed by atoms with van der Waals surface area (Å²) in [6.45, 7) is -0.784. The second-order valence-corrected chi connectivity index (χ2v) is 26.1. The number of aliphatic hydroxyl groups excluding tert-OH is 3. The van der Waals surface area contributed by atoms with Crippen LogP contribution in [0.5, 0.6) is 23.0 Å². The number of hydrogen-bond donors (Lipinski definition) is 6. The van der Waals surface area contributed by atoms with Crippen LogP contribution in [0.25, 0.3) is 11.2 Å². The van der Waals surface area contributed by atoms with Crippen LogP contribution in [0, 0.1) is 6.92 Å². The van der Waals surface area contributed by atoms with E-state index in [1.165, 1.54) is 99.0 Å². The minimum Gasteiger partial charge on any atom is -0.497 e. The van der Waals surface area contributed by atoms with Gasteiger partial charge in [-0.05, 0) is 102 Å². The SMILES string of the molecule is COc1ccc(C(OC[C@H]2O[C@@H](n3ccc(N)nc3=O)[C@H](O)[C@@H]2OP(=O)(OC[C@H]2O[C@@H](n3cnc4c(N)ncnc43)[C@H](O)[C@@H]2OP(=O)(OC[C@H]2O[C@@H](n3cc(C)c(=O)[nH]c3=O)C[C@@H]2O)Oc2ccc(Cl)cc2)Oc2ccc(Cl)cc2)(c2ccccc2)c2ccc(OC)cc2)cc1. The molecule has 0 bridgehead atoms. The van der Waals surface area contributed by atoms with Gasteiger partial charge in [-0.1, -0.05) is 77.8 Å². The number of hydrogen-bond acceptors (Lipinski definition) is 26. The number of nitrogens with one attached hydrogen (secondary N) is 1. The first-order chi connectivity index (χ1) is 46.1. The fourth-order valence-corrected chi connectivity index (χ4v) is 14.4. The molecule has 13 atom stereocenters. The van der Waals surface area contributed by atoms with Crippen LogP contribution in [-0.4, -0.2) is 137 Å². The Bertz CT molecular complexity index is 4460. The number of rotatable bonds is 25. The first kappa shape index (κ1) is 67.6. The van der Waals surface area contributed by atoms with E-state index in [2.05, 4.69) is 24.9 Å². The fraction of sp³-hybridized carbons (Fsp3) is 0.306. The number of anilines is 2. The van der Waals surface area contributed by atoms with E-state index in [0.29, 0.717) is 28.2 Å². The number of nitrogens with zero attached hydrogens (tertiary/aromatic N) is 7. The number of aromatic nitrogens is 8. The molecule has 0 saturated carbocycles. The molecule has 0 radical (unpaired) electrons. The number of benzene rings is 5. The topological polar surface area (TPSA) is 391 Å². The number of aryl methyl sites for hydroxylation is 1. The first-order valence-electron chi connectivity index (χ1n) is 29.5. The average Bonchev–Trinajstić information content (AvgIpc) is 1.47. The van der Waals surface area contributed by atoms with Crippen LogP contribution in [0.4, 0.5) is 11.6 Å². The molecule has 0 spiro atoms. The van der Waals surface area contributed by atoms with E-state index in [9.17, 15) is 29.7 Å². The summed E-state index contributed by atoms with van der Waals surface area (Å²) in [6, 6.07) is 35.7. The lowest BCUT2D eigenvalue weighted by Crippen LogP contribution is -2.41. The number of methoxy groups -OCH3 is 2. The quantitative estimate of drug-likeness (QED) is 0.0253. The van der Waals surface area contributed by atoms with Crippen molar-refractivity contribution in [1.82, 2.24) is 38.6 Å². The third kappa shape index (κ3) is 14.2. The van der Waals surface area contributed by atoms with Crippen molar-refractivity contribution in [2.45, 2.75) is 86.5 Å². The number of phosphoric acid groups is 2. The highest BCUT2D eigenvalue weighted by Gasteiger charge is 2.55. The van der Waals surface area contributed by atoms with Crippen molar-refractivity contribution in [2.75, 3.05) is 45.5 Å². The number of halogens is 2. The van der Waals surface area contributed by atoms with Gasteiger partial charge in [-0.25, -0.2) is 33.7 Å². The molecule has 0 amide bonds. The van der Waals surface area contributed by atoms with Crippen molar-refractivity contribution in [3.05, 3.63) is 222 Å². The van der Waals surface area contributed by atoms with Gasteiger partial charge in [0.15, 0.2) is 23.9 Å². The maximum absolute atomic E-state index is 16.1. The minimum absolute atomic E-state index is 0.0430. The third-order valence-corrected chi connectivity index (χ3v) is 19.4. The molecule has 8 N–H and O–H groups in total. The molecule has 5 aromatic carbocycles. The Labute approximate surface area is 554 Å². The molecule has 0 aliphatic carbocycles. The molecule has 9 aromatic rings. The number of aliphatic hydroxyl groups is 3. The summed E-state index contributed by atoms with van der Waals surface area (Å²) < 4.78 is 110. The van der Waals surface area contributed by atoms with Crippen LogP contribution in [0.15, 0.2) is 173 Å². The Morgan fingerprint density at radius 2 is 1.16 bits per heavy atom. The number of nitrogen functional groups attached to an aromatic ring is 2. The normalized spacial score (nSPS) is 23.9. The van der Waals surface area contributed by atoms with Gasteiger partial charge < -0.3 is 64.3 Å². The molecule has 3 aliphatic heterocycles. The minimum atomic E-state index is -5.38. The summed E-state index contributed by atoms with van der Waals surface area (Å²) in [4.78, 5) is 57.5. The second-order valence-electron chi connectivity index (χ2n) is 22.2. The van der Waals surface area contributed by atoms with Crippen molar-refractivity contribution in [1.29, 1.82) is 0 Å². The summed E-state index contributed by atoms with van der Waals surface area (Å²) in [7, 11) is -7.54. The summed E-state index contributed by atoms with van der Waals surface area (Å²) in [5, 5.41) is 37.0. The largest absolute Gasteiger partial charge is 0.530 e. The fourth-order valence-electron chi connectivity index (χ4n) is 11.3. The van der Waals surface area contributed by atoms with E-state index < -0.39 is 126 Å². The van der Waals surface area contributed by atoms with E-state index in [0.717, 1.165) is 15.5 Å². The van der Waals surface area contributed by atoms with Gasteiger partial charge in [-0.3, -0.25) is 41.6 Å². The summed E-state index contributed by atoms with van der Waals surface area (Å²) >= 11 is 12.6. The predicted molar refractivity (Wildman–Crippen MR) is 342 cm³/mol. The van der Waals surface area contributed by atoms with Crippen LogP contribution < -0.4 is 46.9 Å². The average molecular weight is 1400 g/mol. The van der Waals surface area contributed by atoms with Gasteiger partial charge in [-0.15, -0.1) is 0 Å². The number of aromatic amines is 1. The second kappa shape index (κ2) is 28.4. The highest BCUT2D eigenvalue weighted by Crippen LogP contribution is 2.57. The molecular weight excluding hydrogens is 1340 g/mol. The monoisotopic (exact) mass is 1400 g/mol. The van der Waals surface area contributed by atoms with Crippen molar-refractivity contribution < 1.29 is 80.0 Å². The summed E-state index contributed by atoms with van der Waals surface area (Å²) in [5.74, 6) is 0.588. The predicted octanol–water partition coefficient (Wildman–Crippen LogP) is 6.78. The van der Waals surface area contributed by atoms with E-state index in [4.69, 9.17) is 90.2 Å². The maximum Gasteiger partial charge on any atom is 0.530 e. The van der Waals surface area contributed by atoms with Crippen LogP contribution in [-0.2, 0) is 51.8 Å². The van der Waals surface area contributed by atoms with Gasteiger partial charge in [0.05, 0.1) is 46.5 Å². The Morgan fingerprint density at radius 3 is 1.71 bits per heavy atom. The molecule has 30 nitrogen and oxygen atoms in total. The standard InChI is InChI=1S/C62H62Cl2N10O20P2/c1-34-28-73(61(80)71-57(34)78)49-27-44(75)45(88-49)30-86-95(81,91-42-21-13-38(63)14-22-42)94-54-47(90-59(52(54)77)74-33-69-50-55(66)67-32-68-56(50)74)31-87-96(82,92-43-23-15-39(64)16-24-43)93-53-46(89-58(51(53)76)72-26-25-48(65)70-60(72)79)29-85-62(35-7-5-4-6-8-35,36-9-17-40(83-2)18-10-36)37-11-19-41(84-3)20-12-37/h4-26,28,32-33,44-47,49,51-54,58-59,75-77H,27,29-31H2,1-3H3,(H2,65,70,79)(H2,66,67,68)(H,71,78,80)/t44-,45+,46+,47+,49+,51+,52+,53+,54+,58+,59+,95?,96?/m0/s1. The Balaban J connectivity index is 0.911. The Morgan fingerprint density at radius 1 is 0.635 bits per heavy atom. The van der Waals surface area contributed by atoms with Crippen LogP contribution in [0.2, 0.25) is 10.0 Å². The number of nitrogens with two attached hydrogens (primary N) is 2. The molecule has 504 valence electrons. The molecule has 3 aliphatic rings. The van der Waals surface area contributed by atoms with Gasteiger partial charge in [-0.2, -0.15) is 4.98 Å². The van der Waals surface area contributed by atoms with E-state index in [1.807, 2.05) is 54.6 Å². The number of phosphoric ester groups is 2. The Kier molecular flexibility index (Phi) is 20.0.